The first-order chi connectivity index (χ1) is 8.06. The van der Waals surface area contributed by atoms with E-state index in [1.165, 1.54) is 11.3 Å². The SMILES string of the molecule is CN(C)c1ncc(-c2csc(N=C(N)N)n2)[nH]1. The van der Waals surface area contributed by atoms with Crippen molar-refractivity contribution in [1.29, 1.82) is 0 Å². The molecule has 0 radical (unpaired) electrons. The number of nitrogens with zero attached hydrogens (tertiary/aromatic N) is 4. The molecule has 0 aliphatic carbocycles. The summed E-state index contributed by atoms with van der Waals surface area (Å²) in [5.41, 5.74) is 12.2. The third-order valence-electron chi connectivity index (χ3n) is 1.98. The van der Waals surface area contributed by atoms with E-state index in [0.29, 0.717) is 5.13 Å². The van der Waals surface area contributed by atoms with Gasteiger partial charge in [0, 0.05) is 19.5 Å². The topological polar surface area (TPSA) is 109 Å². The molecule has 17 heavy (non-hydrogen) atoms. The summed E-state index contributed by atoms with van der Waals surface area (Å²) in [6.45, 7) is 0. The zero-order valence-corrected chi connectivity index (χ0v) is 10.3. The van der Waals surface area contributed by atoms with Gasteiger partial charge in [-0.1, -0.05) is 0 Å². The Bertz CT molecular complexity index is 535. The second-order valence-corrected chi connectivity index (χ2v) is 4.40. The van der Waals surface area contributed by atoms with Gasteiger partial charge in [-0.05, 0) is 0 Å². The second kappa shape index (κ2) is 4.42. The molecule has 0 bridgehead atoms. The second-order valence-electron chi connectivity index (χ2n) is 3.57. The first-order valence-electron chi connectivity index (χ1n) is 4.84. The zero-order chi connectivity index (χ0) is 12.4. The zero-order valence-electron chi connectivity index (χ0n) is 9.51. The van der Waals surface area contributed by atoms with Crippen LogP contribution in [0.5, 0.6) is 0 Å². The smallest absolute Gasteiger partial charge is 0.212 e. The maximum absolute atomic E-state index is 5.28. The maximum Gasteiger partial charge on any atom is 0.212 e. The lowest BCUT2D eigenvalue weighted by molar-refractivity contribution is 1.04. The summed E-state index contributed by atoms with van der Waals surface area (Å²) in [5.74, 6) is 0.779. The Morgan fingerprint density at radius 2 is 2.24 bits per heavy atom. The van der Waals surface area contributed by atoms with Gasteiger partial charge >= 0.3 is 0 Å². The van der Waals surface area contributed by atoms with Gasteiger partial charge in [-0.2, -0.15) is 4.99 Å². The van der Waals surface area contributed by atoms with Crippen LogP contribution in [0.2, 0.25) is 0 Å². The number of nitrogens with two attached hydrogens (primary N) is 2. The molecule has 5 N–H and O–H groups in total. The largest absolute Gasteiger partial charge is 0.370 e. The number of hydrogen-bond acceptors (Lipinski definition) is 5. The Kier molecular flexibility index (Phi) is 2.96. The van der Waals surface area contributed by atoms with Crippen molar-refractivity contribution in [3.05, 3.63) is 11.6 Å². The van der Waals surface area contributed by atoms with Crippen molar-refractivity contribution < 1.29 is 0 Å². The Morgan fingerprint density at radius 1 is 1.47 bits per heavy atom. The van der Waals surface area contributed by atoms with Crippen LogP contribution in [0.15, 0.2) is 16.6 Å². The molecule has 0 atom stereocenters. The number of thiazole rings is 1. The summed E-state index contributed by atoms with van der Waals surface area (Å²) < 4.78 is 0. The van der Waals surface area contributed by atoms with E-state index in [1.807, 2.05) is 24.4 Å². The van der Waals surface area contributed by atoms with Crippen molar-refractivity contribution in [2.75, 3.05) is 19.0 Å². The molecule has 2 heterocycles. The van der Waals surface area contributed by atoms with Crippen LogP contribution in [0.3, 0.4) is 0 Å². The van der Waals surface area contributed by atoms with E-state index < -0.39 is 0 Å². The van der Waals surface area contributed by atoms with Gasteiger partial charge in [0.05, 0.1) is 11.9 Å². The van der Waals surface area contributed by atoms with Crippen LogP contribution < -0.4 is 16.4 Å². The molecule has 0 aliphatic heterocycles. The van der Waals surface area contributed by atoms with Crippen molar-refractivity contribution in [3.63, 3.8) is 0 Å². The van der Waals surface area contributed by atoms with E-state index in [4.69, 9.17) is 11.5 Å². The molecule has 0 saturated heterocycles. The monoisotopic (exact) mass is 251 g/mol. The number of hydrogen-bond donors (Lipinski definition) is 3. The lowest BCUT2D eigenvalue weighted by Crippen LogP contribution is -2.21. The highest BCUT2D eigenvalue weighted by Crippen LogP contribution is 2.26. The van der Waals surface area contributed by atoms with Crippen molar-refractivity contribution in [2.45, 2.75) is 0 Å². The van der Waals surface area contributed by atoms with Crippen molar-refractivity contribution in [2.24, 2.45) is 16.5 Å². The molecule has 2 aromatic heterocycles. The fourth-order valence-electron chi connectivity index (χ4n) is 1.22. The minimum atomic E-state index is 0.00416. The van der Waals surface area contributed by atoms with Crippen molar-refractivity contribution >= 4 is 28.4 Å². The Balaban J connectivity index is 2.27. The number of aliphatic imine (C=N–C) groups is 1. The average Bonchev–Trinajstić information content (AvgIpc) is 2.83. The van der Waals surface area contributed by atoms with E-state index >= 15 is 0 Å². The highest BCUT2D eigenvalue weighted by Gasteiger charge is 2.08. The number of aromatic nitrogens is 3. The van der Waals surface area contributed by atoms with E-state index in [2.05, 4.69) is 19.9 Å². The predicted molar refractivity (Wildman–Crippen MR) is 69.5 cm³/mol. The Hall–Kier alpha value is -2.09. The highest BCUT2D eigenvalue weighted by molar-refractivity contribution is 7.13. The standard InChI is InChI=1S/C9H13N7S/c1-16(2)8-12-3-5(13-8)6-4-17-9(14-6)15-7(10)11/h3-4H,1-2H3,(H,12,13)(H4,10,11,14,15). The molecule has 90 valence electrons. The summed E-state index contributed by atoms with van der Waals surface area (Å²) in [7, 11) is 3.82. The number of aromatic amines is 1. The van der Waals surface area contributed by atoms with Crippen LogP contribution in [0, 0.1) is 0 Å². The molecule has 8 heteroatoms. The average molecular weight is 251 g/mol. The van der Waals surface area contributed by atoms with Gasteiger partial charge in [-0.25, -0.2) is 9.97 Å². The van der Waals surface area contributed by atoms with Gasteiger partial charge in [-0.3, -0.25) is 0 Å². The molecule has 0 unspecified atom stereocenters. The lowest BCUT2D eigenvalue weighted by atomic mass is 10.4. The number of H-pyrrole nitrogens is 1. The normalized spacial score (nSPS) is 10.2. The van der Waals surface area contributed by atoms with Crippen LogP contribution in [-0.2, 0) is 0 Å². The molecule has 2 rings (SSSR count). The quantitative estimate of drug-likeness (QED) is 0.543. The number of imidazole rings is 1. The number of guanidine groups is 1. The van der Waals surface area contributed by atoms with Crippen LogP contribution in [-0.4, -0.2) is 35.0 Å². The maximum atomic E-state index is 5.28. The minimum Gasteiger partial charge on any atom is -0.370 e. The molecule has 2 aromatic rings. The molecule has 7 nitrogen and oxygen atoms in total. The minimum absolute atomic E-state index is 0.00416. The molecular formula is C9H13N7S. The lowest BCUT2D eigenvalue weighted by Gasteiger charge is -2.05. The summed E-state index contributed by atoms with van der Waals surface area (Å²) in [5, 5.41) is 2.40. The third-order valence-corrected chi connectivity index (χ3v) is 2.71. The van der Waals surface area contributed by atoms with Crippen LogP contribution in [0.25, 0.3) is 11.4 Å². The number of anilines is 1. The summed E-state index contributed by atoms with van der Waals surface area (Å²) in [6, 6.07) is 0. The fraction of sp³-hybridized carbons (Fsp3) is 0.222. The van der Waals surface area contributed by atoms with Gasteiger partial charge < -0.3 is 21.4 Å². The van der Waals surface area contributed by atoms with E-state index in [1.54, 1.807) is 6.20 Å². The van der Waals surface area contributed by atoms with Crippen LogP contribution >= 0.6 is 11.3 Å². The van der Waals surface area contributed by atoms with Gasteiger partial charge in [0.1, 0.15) is 5.69 Å². The molecule has 0 fully saturated rings. The van der Waals surface area contributed by atoms with Crippen LogP contribution in [0.1, 0.15) is 0 Å². The predicted octanol–water partition coefficient (Wildman–Crippen LogP) is 0.504. The van der Waals surface area contributed by atoms with E-state index in [0.717, 1.165) is 17.3 Å². The number of nitrogens with one attached hydrogen (secondary N) is 1. The first kappa shape index (κ1) is 11.4. The van der Waals surface area contributed by atoms with Crippen molar-refractivity contribution in [1.82, 2.24) is 15.0 Å². The molecular weight excluding hydrogens is 238 g/mol. The Labute approximate surface area is 102 Å². The van der Waals surface area contributed by atoms with Crippen LogP contribution in [0.4, 0.5) is 11.1 Å². The molecule has 0 spiro atoms. The van der Waals surface area contributed by atoms with Gasteiger partial charge in [0.15, 0.2) is 5.96 Å². The molecule has 0 aromatic carbocycles. The van der Waals surface area contributed by atoms with E-state index in [-0.39, 0.29) is 5.96 Å². The van der Waals surface area contributed by atoms with Gasteiger partial charge in [0.2, 0.25) is 11.1 Å². The van der Waals surface area contributed by atoms with Gasteiger partial charge in [0.25, 0.3) is 0 Å². The molecule has 0 aliphatic rings. The van der Waals surface area contributed by atoms with E-state index in [9.17, 15) is 0 Å². The highest BCUT2D eigenvalue weighted by atomic mass is 32.1. The summed E-state index contributed by atoms with van der Waals surface area (Å²) >= 11 is 1.37. The first-order valence-corrected chi connectivity index (χ1v) is 5.72. The molecule has 0 saturated carbocycles. The molecule has 0 amide bonds. The Morgan fingerprint density at radius 3 is 2.82 bits per heavy atom. The number of rotatable bonds is 3. The van der Waals surface area contributed by atoms with Gasteiger partial charge in [-0.15, -0.1) is 11.3 Å². The van der Waals surface area contributed by atoms with Crippen molar-refractivity contribution in [3.8, 4) is 11.4 Å². The summed E-state index contributed by atoms with van der Waals surface area (Å²) in [6.07, 6.45) is 1.73. The summed E-state index contributed by atoms with van der Waals surface area (Å²) in [4.78, 5) is 17.4. The fourth-order valence-corrected chi connectivity index (χ4v) is 1.92. The third kappa shape index (κ3) is 2.53.